The van der Waals surface area contributed by atoms with Crippen molar-refractivity contribution in [3.05, 3.63) is 53.6 Å². The maximum atomic E-state index is 13.0. The highest BCUT2D eigenvalue weighted by atomic mass is 32.2. The van der Waals surface area contributed by atoms with Gasteiger partial charge in [0.15, 0.2) is 4.34 Å². The molecule has 0 atom stereocenters. The molecule has 0 aliphatic heterocycles. The van der Waals surface area contributed by atoms with Crippen LogP contribution in [-0.4, -0.2) is 17.5 Å². The molecule has 0 N–H and O–H groups in total. The number of aromatic nitrogens is 1. The van der Waals surface area contributed by atoms with Crippen molar-refractivity contribution in [1.29, 1.82) is 0 Å². The summed E-state index contributed by atoms with van der Waals surface area (Å²) < 4.78 is 40.8. The lowest BCUT2D eigenvalue weighted by Crippen LogP contribution is -2.08. The Bertz CT molecular complexity index is 869. The van der Waals surface area contributed by atoms with Crippen LogP contribution in [0.4, 0.5) is 18.9 Å². The van der Waals surface area contributed by atoms with Crippen molar-refractivity contribution >= 4 is 45.2 Å². The Hall–Kier alpha value is -1.86. The number of benzene rings is 2. The van der Waals surface area contributed by atoms with E-state index in [9.17, 15) is 13.2 Å². The Morgan fingerprint density at radius 3 is 2.70 bits per heavy atom. The molecule has 0 unspecified atom stereocenters. The minimum absolute atomic E-state index is 0.0502. The Morgan fingerprint density at radius 2 is 1.96 bits per heavy atom. The summed E-state index contributed by atoms with van der Waals surface area (Å²) in [4.78, 5) is 8.60. The van der Waals surface area contributed by atoms with Crippen molar-refractivity contribution in [2.24, 2.45) is 4.99 Å². The van der Waals surface area contributed by atoms with Crippen molar-refractivity contribution in [3.8, 4) is 0 Å². The first-order valence-corrected chi connectivity index (χ1v) is 8.66. The van der Waals surface area contributed by atoms with Gasteiger partial charge in [0.05, 0.1) is 21.5 Å². The highest BCUT2D eigenvalue weighted by Gasteiger charge is 2.32. The van der Waals surface area contributed by atoms with Gasteiger partial charge in [0.2, 0.25) is 0 Å². The summed E-state index contributed by atoms with van der Waals surface area (Å²) in [6, 6.07) is 10.8. The van der Waals surface area contributed by atoms with Crippen LogP contribution in [0.25, 0.3) is 10.2 Å². The van der Waals surface area contributed by atoms with Crippen molar-refractivity contribution < 1.29 is 13.2 Å². The van der Waals surface area contributed by atoms with E-state index in [1.54, 1.807) is 23.9 Å². The molecule has 1 aromatic heterocycles. The summed E-state index contributed by atoms with van der Waals surface area (Å²) in [5, 5.41) is 0. The fourth-order valence-corrected chi connectivity index (χ4v) is 3.59. The molecule has 0 saturated heterocycles. The predicted molar refractivity (Wildman–Crippen MR) is 90.1 cm³/mol. The van der Waals surface area contributed by atoms with Crippen molar-refractivity contribution in [1.82, 2.24) is 4.98 Å². The second kappa shape index (κ2) is 6.33. The first-order valence-electron chi connectivity index (χ1n) is 6.62. The van der Waals surface area contributed by atoms with E-state index in [4.69, 9.17) is 0 Å². The maximum absolute atomic E-state index is 13.0. The zero-order valence-electron chi connectivity index (χ0n) is 12.0. The first-order chi connectivity index (χ1) is 11.0. The quantitative estimate of drug-likeness (QED) is 0.440. The molecular weight excluding hydrogens is 341 g/mol. The molecule has 0 spiro atoms. The van der Waals surface area contributed by atoms with Gasteiger partial charge in [-0.25, -0.2) is 4.98 Å². The third kappa shape index (κ3) is 3.56. The lowest BCUT2D eigenvalue weighted by atomic mass is 10.1. The summed E-state index contributed by atoms with van der Waals surface area (Å²) in [6.07, 6.45) is -1.19. The predicted octanol–water partition coefficient (Wildman–Crippen LogP) is 5.79. The molecule has 2 nitrogen and oxygen atoms in total. The molecule has 0 aliphatic carbocycles. The van der Waals surface area contributed by atoms with E-state index in [-0.39, 0.29) is 5.56 Å². The standard InChI is InChI=1S/C16H11F3N2S2/c1-22-15-21-13-7-6-11(8-14(13)23-15)20-9-10-4-2-3-5-12(10)16(17,18)19/h2-9H,1H3. The molecule has 0 fully saturated rings. The van der Waals surface area contributed by atoms with Gasteiger partial charge >= 0.3 is 6.18 Å². The number of fused-ring (bicyclic) bond motifs is 1. The van der Waals surface area contributed by atoms with E-state index >= 15 is 0 Å². The SMILES string of the molecule is CSc1nc2ccc(N=Cc3ccccc3C(F)(F)F)cc2s1. The average Bonchev–Trinajstić information content (AvgIpc) is 2.94. The van der Waals surface area contributed by atoms with Gasteiger partial charge in [0, 0.05) is 11.8 Å². The first kappa shape index (κ1) is 16.0. The summed E-state index contributed by atoms with van der Waals surface area (Å²) >= 11 is 3.10. The second-order valence-electron chi connectivity index (χ2n) is 4.68. The normalized spacial score (nSPS) is 12.3. The molecule has 118 valence electrons. The number of thiazole rings is 1. The van der Waals surface area contributed by atoms with Crippen LogP contribution in [-0.2, 0) is 6.18 Å². The van der Waals surface area contributed by atoms with Crippen LogP contribution in [0.15, 0.2) is 51.8 Å². The van der Waals surface area contributed by atoms with E-state index in [0.717, 1.165) is 20.6 Å². The average molecular weight is 352 g/mol. The lowest BCUT2D eigenvalue weighted by molar-refractivity contribution is -0.137. The number of nitrogens with zero attached hydrogens (tertiary/aromatic N) is 2. The molecule has 0 bridgehead atoms. The third-order valence-corrected chi connectivity index (χ3v) is 5.15. The van der Waals surface area contributed by atoms with Crippen molar-refractivity contribution in [2.75, 3.05) is 6.26 Å². The number of hydrogen-bond donors (Lipinski definition) is 0. The molecule has 7 heteroatoms. The molecule has 0 saturated carbocycles. The molecule has 3 aromatic rings. The highest BCUT2D eigenvalue weighted by molar-refractivity contribution is 8.00. The van der Waals surface area contributed by atoms with Gasteiger partial charge in [-0.15, -0.1) is 11.3 Å². The van der Waals surface area contributed by atoms with Gasteiger partial charge < -0.3 is 0 Å². The molecule has 2 aromatic carbocycles. The zero-order valence-corrected chi connectivity index (χ0v) is 13.6. The van der Waals surface area contributed by atoms with Crippen molar-refractivity contribution in [2.45, 2.75) is 10.5 Å². The number of rotatable bonds is 3. The topological polar surface area (TPSA) is 25.2 Å². The van der Waals surface area contributed by atoms with Crippen LogP contribution < -0.4 is 0 Å². The van der Waals surface area contributed by atoms with E-state index < -0.39 is 11.7 Å². The van der Waals surface area contributed by atoms with Crippen LogP contribution in [0, 0.1) is 0 Å². The monoisotopic (exact) mass is 352 g/mol. The molecule has 23 heavy (non-hydrogen) atoms. The number of aliphatic imine (C=N–C) groups is 1. The Labute approximate surface area is 139 Å². The van der Waals surface area contributed by atoms with Gasteiger partial charge in [0.25, 0.3) is 0 Å². The minimum Gasteiger partial charge on any atom is -0.256 e. The minimum atomic E-state index is -4.39. The largest absolute Gasteiger partial charge is 0.417 e. The van der Waals surface area contributed by atoms with E-state index in [1.165, 1.54) is 29.7 Å². The van der Waals surface area contributed by atoms with Gasteiger partial charge in [0.1, 0.15) is 0 Å². The van der Waals surface area contributed by atoms with Gasteiger partial charge in [-0.3, -0.25) is 4.99 Å². The smallest absolute Gasteiger partial charge is 0.256 e. The fraction of sp³-hybridized carbons (Fsp3) is 0.125. The van der Waals surface area contributed by atoms with Crippen LogP contribution in [0.1, 0.15) is 11.1 Å². The summed E-state index contributed by atoms with van der Waals surface area (Å²) in [7, 11) is 0. The van der Waals surface area contributed by atoms with Crippen LogP contribution in [0.3, 0.4) is 0 Å². The maximum Gasteiger partial charge on any atom is 0.417 e. The van der Waals surface area contributed by atoms with E-state index in [2.05, 4.69) is 9.98 Å². The number of alkyl halides is 3. The molecular formula is C16H11F3N2S2. The summed E-state index contributed by atoms with van der Waals surface area (Å²) in [5.41, 5.74) is 0.835. The molecule has 0 amide bonds. The molecule has 3 rings (SSSR count). The highest BCUT2D eigenvalue weighted by Crippen LogP contribution is 2.32. The second-order valence-corrected chi connectivity index (χ2v) is 6.76. The number of hydrogen-bond acceptors (Lipinski definition) is 4. The van der Waals surface area contributed by atoms with E-state index in [1.807, 2.05) is 18.4 Å². The van der Waals surface area contributed by atoms with Crippen LogP contribution in [0.5, 0.6) is 0 Å². The van der Waals surface area contributed by atoms with Crippen molar-refractivity contribution in [3.63, 3.8) is 0 Å². The number of halogens is 3. The zero-order chi connectivity index (χ0) is 16.4. The Balaban J connectivity index is 1.94. The Morgan fingerprint density at radius 1 is 1.17 bits per heavy atom. The van der Waals surface area contributed by atoms with Gasteiger partial charge in [-0.05, 0) is 30.5 Å². The van der Waals surface area contributed by atoms with E-state index in [0.29, 0.717) is 5.69 Å². The summed E-state index contributed by atoms with van der Waals surface area (Å²) in [5.74, 6) is 0. The van der Waals surface area contributed by atoms with Crippen LogP contribution in [0.2, 0.25) is 0 Å². The Kier molecular flexibility index (Phi) is 4.41. The molecule has 1 heterocycles. The molecule has 0 aliphatic rings. The van der Waals surface area contributed by atoms with Gasteiger partial charge in [-0.2, -0.15) is 13.2 Å². The lowest BCUT2D eigenvalue weighted by Gasteiger charge is -2.09. The van der Waals surface area contributed by atoms with Crippen LogP contribution >= 0.6 is 23.1 Å². The van der Waals surface area contributed by atoms with Gasteiger partial charge in [-0.1, -0.05) is 30.0 Å². The fourth-order valence-electron chi connectivity index (χ4n) is 2.07. The summed E-state index contributed by atoms with van der Waals surface area (Å²) in [6.45, 7) is 0. The molecule has 0 radical (unpaired) electrons. The number of thioether (sulfide) groups is 1. The third-order valence-electron chi connectivity index (χ3n) is 3.15.